The Labute approximate surface area is 135 Å². The molecule has 1 amide bonds. The van der Waals surface area contributed by atoms with Gasteiger partial charge in [-0.15, -0.1) is 0 Å². The highest BCUT2D eigenvalue weighted by molar-refractivity contribution is 5.96. The molecule has 3 heterocycles. The molecule has 6 nitrogen and oxygen atoms in total. The van der Waals surface area contributed by atoms with E-state index >= 15 is 0 Å². The molecule has 1 saturated heterocycles. The van der Waals surface area contributed by atoms with E-state index in [4.69, 9.17) is 0 Å². The summed E-state index contributed by atoms with van der Waals surface area (Å²) in [6, 6.07) is 10.3. The number of hydrogen-bond acceptors (Lipinski definition) is 4. The fourth-order valence-electron chi connectivity index (χ4n) is 3.61. The van der Waals surface area contributed by atoms with E-state index in [-0.39, 0.29) is 11.9 Å². The molecule has 0 saturated carbocycles. The van der Waals surface area contributed by atoms with Crippen LogP contribution in [0.3, 0.4) is 0 Å². The maximum absolute atomic E-state index is 13.1. The third kappa shape index (κ3) is 2.74. The molecular formula is C17H21N5O. The number of amides is 1. The van der Waals surface area contributed by atoms with Gasteiger partial charge in [0.1, 0.15) is 6.33 Å². The molecule has 1 atom stereocenters. The Balaban J connectivity index is 1.52. The predicted octanol–water partition coefficient (Wildman–Crippen LogP) is 1.68. The Morgan fingerprint density at radius 1 is 1.13 bits per heavy atom. The van der Waals surface area contributed by atoms with E-state index in [1.807, 2.05) is 15.6 Å². The minimum absolute atomic E-state index is 0.0431. The first-order chi connectivity index (χ1) is 11.3. The molecule has 23 heavy (non-hydrogen) atoms. The van der Waals surface area contributed by atoms with Gasteiger partial charge in [-0.05, 0) is 31.4 Å². The van der Waals surface area contributed by atoms with Crippen molar-refractivity contribution >= 4 is 11.9 Å². The molecule has 1 fully saturated rings. The third-order valence-corrected chi connectivity index (χ3v) is 4.73. The van der Waals surface area contributed by atoms with Gasteiger partial charge in [0.15, 0.2) is 0 Å². The number of anilines is 1. The smallest absolute Gasteiger partial charge is 0.246 e. The van der Waals surface area contributed by atoms with Crippen LogP contribution < -0.4 is 4.90 Å². The first kappa shape index (κ1) is 14.4. The highest BCUT2D eigenvalue weighted by atomic mass is 16.2. The lowest BCUT2D eigenvalue weighted by molar-refractivity contribution is -0.123. The zero-order valence-corrected chi connectivity index (χ0v) is 13.1. The number of aromatic nitrogens is 3. The first-order valence-corrected chi connectivity index (χ1v) is 8.30. The number of nitrogens with zero attached hydrogens (tertiary/aromatic N) is 5. The van der Waals surface area contributed by atoms with Crippen molar-refractivity contribution in [1.29, 1.82) is 0 Å². The number of hydrogen-bond donors (Lipinski definition) is 0. The van der Waals surface area contributed by atoms with Crippen LogP contribution in [-0.2, 0) is 17.9 Å². The van der Waals surface area contributed by atoms with Crippen molar-refractivity contribution in [2.45, 2.75) is 38.4 Å². The highest BCUT2D eigenvalue weighted by Crippen LogP contribution is 2.25. The minimum atomic E-state index is -0.0431. The summed E-state index contributed by atoms with van der Waals surface area (Å²) in [5.74, 6) is 0.875. The van der Waals surface area contributed by atoms with E-state index in [2.05, 4.69) is 39.2 Å². The van der Waals surface area contributed by atoms with Crippen LogP contribution in [0.1, 0.15) is 24.8 Å². The summed E-state index contributed by atoms with van der Waals surface area (Å²) in [6.45, 7) is 3.40. The lowest BCUT2D eigenvalue weighted by atomic mass is 10.1. The second-order valence-corrected chi connectivity index (χ2v) is 6.24. The zero-order valence-electron chi connectivity index (χ0n) is 13.1. The van der Waals surface area contributed by atoms with Crippen molar-refractivity contribution in [3.05, 3.63) is 42.2 Å². The lowest BCUT2D eigenvalue weighted by Gasteiger charge is -2.31. The normalized spacial score (nSPS) is 21.4. The van der Waals surface area contributed by atoms with Crippen LogP contribution in [0.5, 0.6) is 0 Å². The number of rotatable bonds is 3. The minimum Gasteiger partial charge on any atom is -0.288 e. The van der Waals surface area contributed by atoms with Crippen LogP contribution in [0.4, 0.5) is 5.95 Å². The van der Waals surface area contributed by atoms with Crippen LogP contribution in [-0.4, -0.2) is 44.7 Å². The second kappa shape index (κ2) is 6.12. The van der Waals surface area contributed by atoms with Crippen LogP contribution in [0.2, 0.25) is 0 Å². The van der Waals surface area contributed by atoms with Crippen molar-refractivity contribution in [1.82, 2.24) is 19.7 Å². The van der Waals surface area contributed by atoms with Crippen LogP contribution >= 0.6 is 0 Å². The van der Waals surface area contributed by atoms with Gasteiger partial charge < -0.3 is 0 Å². The van der Waals surface area contributed by atoms with Gasteiger partial charge in [0.25, 0.3) is 0 Å². The van der Waals surface area contributed by atoms with Gasteiger partial charge >= 0.3 is 0 Å². The topological polar surface area (TPSA) is 54.3 Å². The predicted molar refractivity (Wildman–Crippen MR) is 86.9 cm³/mol. The number of carbonyl (C=O) groups is 1. The molecule has 0 aliphatic carbocycles. The summed E-state index contributed by atoms with van der Waals surface area (Å²) in [5.41, 5.74) is 1.26. The van der Waals surface area contributed by atoms with Gasteiger partial charge in [-0.25, -0.2) is 4.68 Å². The summed E-state index contributed by atoms with van der Waals surface area (Å²) in [5, 5.41) is 4.20. The summed E-state index contributed by atoms with van der Waals surface area (Å²) in [4.78, 5) is 21.5. The molecule has 2 aliphatic heterocycles. The monoisotopic (exact) mass is 311 g/mol. The summed E-state index contributed by atoms with van der Waals surface area (Å²) in [7, 11) is 0. The van der Waals surface area contributed by atoms with E-state index in [0.717, 1.165) is 45.4 Å². The Kier molecular flexibility index (Phi) is 3.83. The van der Waals surface area contributed by atoms with E-state index in [1.165, 1.54) is 11.9 Å². The Morgan fingerprint density at radius 2 is 2.00 bits per heavy atom. The van der Waals surface area contributed by atoms with Crippen LogP contribution in [0.25, 0.3) is 0 Å². The Bertz CT molecular complexity index is 683. The quantitative estimate of drug-likeness (QED) is 0.865. The van der Waals surface area contributed by atoms with Crippen molar-refractivity contribution in [2.24, 2.45) is 0 Å². The van der Waals surface area contributed by atoms with Gasteiger partial charge in [-0.1, -0.05) is 30.3 Å². The van der Waals surface area contributed by atoms with Gasteiger partial charge in [-0.2, -0.15) is 10.1 Å². The number of likely N-dealkylation sites (tertiary alicyclic amines) is 1. The average Bonchev–Trinajstić information content (AvgIpc) is 3.23. The average molecular weight is 311 g/mol. The molecule has 2 aromatic rings. The molecule has 0 N–H and O–H groups in total. The summed E-state index contributed by atoms with van der Waals surface area (Å²) < 4.78 is 1.83. The zero-order chi connectivity index (χ0) is 15.6. The highest BCUT2D eigenvalue weighted by Gasteiger charge is 2.36. The molecule has 4 rings (SSSR count). The number of aryl methyl sites for hydroxylation is 1. The van der Waals surface area contributed by atoms with E-state index in [0.29, 0.717) is 5.95 Å². The molecule has 1 aromatic carbocycles. The maximum atomic E-state index is 13.1. The molecule has 1 aromatic heterocycles. The molecular weight excluding hydrogens is 290 g/mol. The van der Waals surface area contributed by atoms with E-state index in [9.17, 15) is 4.79 Å². The molecule has 2 aliphatic rings. The first-order valence-electron chi connectivity index (χ1n) is 8.30. The Morgan fingerprint density at radius 3 is 2.87 bits per heavy atom. The van der Waals surface area contributed by atoms with Crippen LogP contribution in [0.15, 0.2) is 36.7 Å². The van der Waals surface area contributed by atoms with Crippen LogP contribution in [0, 0.1) is 0 Å². The van der Waals surface area contributed by atoms with Gasteiger partial charge in [-0.3, -0.25) is 14.6 Å². The van der Waals surface area contributed by atoms with Gasteiger partial charge in [0.05, 0.1) is 6.04 Å². The fraction of sp³-hybridized carbons (Fsp3) is 0.471. The van der Waals surface area contributed by atoms with Crippen molar-refractivity contribution in [2.75, 3.05) is 18.0 Å². The number of benzene rings is 1. The largest absolute Gasteiger partial charge is 0.288 e. The van der Waals surface area contributed by atoms with E-state index in [1.54, 1.807) is 0 Å². The van der Waals surface area contributed by atoms with Gasteiger partial charge in [0.2, 0.25) is 11.9 Å². The van der Waals surface area contributed by atoms with Crippen molar-refractivity contribution < 1.29 is 4.79 Å². The molecule has 6 heteroatoms. The molecule has 120 valence electrons. The second-order valence-electron chi connectivity index (χ2n) is 6.24. The molecule has 0 bridgehead atoms. The summed E-state index contributed by atoms with van der Waals surface area (Å²) >= 11 is 0. The number of fused-ring (bicyclic) bond motifs is 1. The number of carbonyl (C=O) groups excluding carboxylic acids is 1. The standard InChI is InChI=1S/C17H21N5O/c23-16(21-10-5-11-22-17(21)18-13-19-22)15-8-4-9-20(15)12-14-6-2-1-3-7-14/h1-3,6-7,13,15H,4-5,8-12H2/t15-/m1/s1. The third-order valence-electron chi connectivity index (χ3n) is 4.73. The Hall–Kier alpha value is -2.21. The van der Waals surface area contributed by atoms with E-state index < -0.39 is 0 Å². The van der Waals surface area contributed by atoms with Crippen molar-refractivity contribution in [3.63, 3.8) is 0 Å². The van der Waals surface area contributed by atoms with Crippen molar-refractivity contribution in [3.8, 4) is 0 Å². The fourth-order valence-corrected chi connectivity index (χ4v) is 3.61. The summed E-state index contributed by atoms with van der Waals surface area (Å²) in [6.07, 6.45) is 4.48. The lowest BCUT2D eigenvalue weighted by Crippen LogP contribution is -2.48. The molecule has 0 spiro atoms. The maximum Gasteiger partial charge on any atom is 0.246 e. The molecule has 0 unspecified atom stereocenters. The molecule has 0 radical (unpaired) electrons. The van der Waals surface area contributed by atoms with Gasteiger partial charge in [0, 0.05) is 19.6 Å². The SMILES string of the molecule is O=C([C@H]1CCCN1Cc1ccccc1)N1CCCn2ncnc21.